The highest BCUT2D eigenvalue weighted by atomic mass is 16.5. The number of nitrogens with one attached hydrogen (secondary N) is 2. The van der Waals surface area contributed by atoms with Crippen molar-refractivity contribution in [3.8, 4) is 11.5 Å². The van der Waals surface area contributed by atoms with Crippen molar-refractivity contribution in [3.05, 3.63) is 60.2 Å². The number of benzene rings is 2. The average Bonchev–Trinajstić information content (AvgIpc) is 2.78. The SMILES string of the molecule is O=C(COC(=O)CNC(=O)c1ccc(Oc2ccccc2)cc1)NC1CCCCC1. The number of para-hydroxylation sites is 1. The Balaban J connectivity index is 1.37. The molecule has 0 atom stereocenters. The van der Waals surface area contributed by atoms with Gasteiger partial charge in [-0.3, -0.25) is 14.4 Å². The van der Waals surface area contributed by atoms with Gasteiger partial charge >= 0.3 is 5.97 Å². The van der Waals surface area contributed by atoms with Gasteiger partial charge in [0.05, 0.1) is 0 Å². The molecule has 0 radical (unpaired) electrons. The van der Waals surface area contributed by atoms with Crippen LogP contribution in [0.4, 0.5) is 0 Å². The number of carbonyl (C=O) groups is 3. The first-order valence-corrected chi connectivity index (χ1v) is 10.2. The molecule has 0 aromatic heterocycles. The summed E-state index contributed by atoms with van der Waals surface area (Å²) in [4.78, 5) is 35.8. The molecule has 2 N–H and O–H groups in total. The van der Waals surface area contributed by atoms with Gasteiger partial charge in [0, 0.05) is 11.6 Å². The fourth-order valence-electron chi connectivity index (χ4n) is 3.27. The maximum Gasteiger partial charge on any atom is 0.325 e. The second-order valence-electron chi connectivity index (χ2n) is 7.19. The van der Waals surface area contributed by atoms with Crippen LogP contribution in [0.1, 0.15) is 42.5 Å². The van der Waals surface area contributed by atoms with Crippen molar-refractivity contribution in [1.82, 2.24) is 10.6 Å². The Kier molecular flexibility index (Phi) is 7.83. The summed E-state index contributed by atoms with van der Waals surface area (Å²) in [5.74, 6) is -0.0854. The molecule has 0 saturated heterocycles. The number of carbonyl (C=O) groups excluding carboxylic acids is 3. The van der Waals surface area contributed by atoms with E-state index < -0.39 is 11.9 Å². The van der Waals surface area contributed by atoms with Gasteiger partial charge in [-0.05, 0) is 49.2 Å². The van der Waals surface area contributed by atoms with Crippen LogP contribution in [0, 0.1) is 0 Å². The molecule has 2 amide bonds. The molecule has 0 heterocycles. The Morgan fingerprint density at radius 3 is 2.23 bits per heavy atom. The van der Waals surface area contributed by atoms with Gasteiger partial charge in [0.15, 0.2) is 6.61 Å². The summed E-state index contributed by atoms with van der Waals surface area (Å²) in [6.45, 7) is -0.644. The van der Waals surface area contributed by atoms with Crippen LogP contribution in [-0.2, 0) is 14.3 Å². The Bertz CT molecular complexity index is 846. The molecule has 1 aliphatic rings. The number of rotatable bonds is 8. The average molecular weight is 410 g/mol. The van der Waals surface area contributed by atoms with E-state index in [4.69, 9.17) is 9.47 Å². The molecule has 0 bridgehead atoms. The van der Waals surface area contributed by atoms with Gasteiger partial charge in [-0.25, -0.2) is 0 Å². The maximum absolute atomic E-state index is 12.2. The van der Waals surface area contributed by atoms with Crippen LogP contribution in [-0.4, -0.2) is 37.0 Å². The van der Waals surface area contributed by atoms with Crippen molar-refractivity contribution in [2.45, 2.75) is 38.1 Å². The van der Waals surface area contributed by atoms with E-state index in [2.05, 4.69) is 10.6 Å². The minimum atomic E-state index is -0.661. The largest absolute Gasteiger partial charge is 0.457 e. The molecule has 2 aromatic carbocycles. The lowest BCUT2D eigenvalue weighted by molar-refractivity contribution is -0.147. The van der Waals surface area contributed by atoms with Crippen molar-refractivity contribution in [2.24, 2.45) is 0 Å². The topological polar surface area (TPSA) is 93.7 Å². The Morgan fingerprint density at radius 2 is 1.53 bits per heavy atom. The molecule has 1 saturated carbocycles. The van der Waals surface area contributed by atoms with Crippen LogP contribution >= 0.6 is 0 Å². The smallest absolute Gasteiger partial charge is 0.325 e. The van der Waals surface area contributed by atoms with Gasteiger partial charge in [0.25, 0.3) is 11.8 Å². The van der Waals surface area contributed by atoms with E-state index >= 15 is 0 Å². The second-order valence-corrected chi connectivity index (χ2v) is 7.19. The van der Waals surface area contributed by atoms with Crippen molar-refractivity contribution < 1.29 is 23.9 Å². The summed E-state index contributed by atoms with van der Waals surface area (Å²) >= 11 is 0. The number of hydrogen-bond acceptors (Lipinski definition) is 5. The standard InChI is InChI=1S/C23H26N2O5/c26-21(25-18-7-3-1-4-8-18)16-29-22(27)15-24-23(28)17-11-13-20(14-12-17)30-19-9-5-2-6-10-19/h2,5-6,9-14,18H,1,3-4,7-8,15-16H2,(H,24,28)(H,25,26). The molecular weight excluding hydrogens is 384 g/mol. The highest BCUT2D eigenvalue weighted by molar-refractivity contribution is 5.96. The van der Waals surface area contributed by atoms with E-state index in [1.54, 1.807) is 24.3 Å². The molecule has 0 unspecified atom stereocenters. The minimum absolute atomic E-state index is 0.165. The fraction of sp³-hybridized carbons (Fsp3) is 0.348. The van der Waals surface area contributed by atoms with E-state index in [1.807, 2.05) is 30.3 Å². The van der Waals surface area contributed by atoms with Crippen LogP contribution in [0.15, 0.2) is 54.6 Å². The van der Waals surface area contributed by atoms with Gasteiger partial charge in [-0.15, -0.1) is 0 Å². The van der Waals surface area contributed by atoms with Crippen LogP contribution in [0.25, 0.3) is 0 Å². The number of ether oxygens (including phenoxy) is 2. The Hall–Kier alpha value is -3.35. The Morgan fingerprint density at radius 1 is 0.867 bits per heavy atom. The zero-order valence-electron chi connectivity index (χ0n) is 16.8. The van der Waals surface area contributed by atoms with Crippen LogP contribution in [0.5, 0.6) is 11.5 Å². The molecule has 3 rings (SSSR count). The van der Waals surface area contributed by atoms with Gasteiger partial charge in [-0.1, -0.05) is 37.5 Å². The lowest BCUT2D eigenvalue weighted by Gasteiger charge is -2.22. The predicted molar refractivity (Wildman–Crippen MR) is 111 cm³/mol. The Labute approximate surface area is 175 Å². The summed E-state index contributed by atoms with van der Waals surface area (Å²) in [6.07, 6.45) is 5.34. The molecule has 0 spiro atoms. The normalized spacial score (nSPS) is 13.9. The third-order valence-corrected chi connectivity index (χ3v) is 4.82. The number of hydrogen-bond donors (Lipinski definition) is 2. The molecular formula is C23H26N2O5. The summed E-state index contributed by atoms with van der Waals surface area (Å²) in [6, 6.07) is 16.0. The van der Waals surface area contributed by atoms with E-state index in [9.17, 15) is 14.4 Å². The zero-order valence-corrected chi connectivity index (χ0v) is 16.8. The second kappa shape index (κ2) is 11.0. The molecule has 158 valence electrons. The molecule has 2 aromatic rings. The monoisotopic (exact) mass is 410 g/mol. The molecule has 7 heteroatoms. The summed E-state index contributed by atoms with van der Waals surface area (Å²) in [7, 11) is 0. The van der Waals surface area contributed by atoms with Gasteiger partial charge in [-0.2, -0.15) is 0 Å². The first-order chi connectivity index (χ1) is 14.6. The van der Waals surface area contributed by atoms with Gasteiger partial charge in [0.1, 0.15) is 18.0 Å². The third-order valence-electron chi connectivity index (χ3n) is 4.82. The molecule has 0 aliphatic heterocycles. The first kappa shape index (κ1) is 21.4. The van der Waals surface area contributed by atoms with E-state index in [0.29, 0.717) is 17.1 Å². The summed E-state index contributed by atoms with van der Waals surface area (Å²) < 4.78 is 10.6. The number of amides is 2. The summed E-state index contributed by atoms with van der Waals surface area (Å²) in [5, 5.41) is 5.36. The quantitative estimate of drug-likeness (QED) is 0.652. The lowest BCUT2D eigenvalue weighted by atomic mass is 9.95. The van der Waals surface area contributed by atoms with Crippen molar-refractivity contribution in [2.75, 3.05) is 13.2 Å². The van der Waals surface area contributed by atoms with E-state index in [0.717, 1.165) is 25.7 Å². The molecule has 1 aliphatic carbocycles. The molecule has 7 nitrogen and oxygen atoms in total. The summed E-state index contributed by atoms with van der Waals surface area (Å²) in [5.41, 5.74) is 0.387. The highest BCUT2D eigenvalue weighted by Crippen LogP contribution is 2.21. The fourth-order valence-corrected chi connectivity index (χ4v) is 3.27. The van der Waals surface area contributed by atoms with Crippen LogP contribution in [0.2, 0.25) is 0 Å². The van der Waals surface area contributed by atoms with Crippen molar-refractivity contribution in [1.29, 1.82) is 0 Å². The number of esters is 1. The zero-order chi connectivity index (χ0) is 21.2. The minimum Gasteiger partial charge on any atom is -0.457 e. The lowest BCUT2D eigenvalue weighted by Crippen LogP contribution is -2.39. The van der Waals surface area contributed by atoms with Crippen molar-refractivity contribution >= 4 is 17.8 Å². The van der Waals surface area contributed by atoms with E-state index in [1.165, 1.54) is 6.42 Å². The predicted octanol–water partition coefficient (Wildman–Crippen LogP) is 3.20. The maximum atomic E-state index is 12.2. The van der Waals surface area contributed by atoms with Crippen LogP contribution < -0.4 is 15.4 Å². The molecule has 30 heavy (non-hydrogen) atoms. The van der Waals surface area contributed by atoms with Gasteiger partial charge in [0.2, 0.25) is 0 Å². The van der Waals surface area contributed by atoms with Crippen molar-refractivity contribution in [3.63, 3.8) is 0 Å². The van der Waals surface area contributed by atoms with Crippen LogP contribution in [0.3, 0.4) is 0 Å². The third kappa shape index (κ3) is 6.92. The first-order valence-electron chi connectivity index (χ1n) is 10.2. The highest BCUT2D eigenvalue weighted by Gasteiger charge is 2.17. The van der Waals surface area contributed by atoms with E-state index in [-0.39, 0.29) is 25.1 Å². The van der Waals surface area contributed by atoms with Gasteiger partial charge < -0.3 is 20.1 Å². The molecule has 1 fully saturated rings.